The van der Waals surface area contributed by atoms with Crippen molar-refractivity contribution >= 4 is 12.1 Å². The Labute approximate surface area is 82.8 Å². The maximum atomic E-state index is 10.3. The summed E-state index contributed by atoms with van der Waals surface area (Å²) >= 11 is 0. The number of hydrogen-bond acceptors (Lipinski definition) is 2. The number of carbonyl (C=O) groups excluding carboxylic acids is 1. The number of benzene rings is 1. The number of nitrogens with one attached hydrogen (secondary N) is 1. The predicted octanol–water partition coefficient (Wildman–Crippen LogP) is 1.84. The average Bonchev–Trinajstić information content (AvgIpc) is 2.19. The molecule has 0 spiro atoms. The Morgan fingerprint density at radius 1 is 1.21 bits per heavy atom. The minimum atomic E-state index is 0.165. The summed E-state index contributed by atoms with van der Waals surface area (Å²) in [6.45, 7) is 0. The third-order valence-electron chi connectivity index (χ3n) is 2.67. The zero-order valence-corrected chi connectivity index (χ0v) is 7.92. The highest BCUT2D eigenvalue weighted by Crippen LogP contribution is 2.31. The Morgan fingerprint density at radius 2 is 1.86 bits per heavy atom. The summed E-state index contributed by atoms with van der Waals surface area (Å²) < 4.78 is 0. The molecule has 1 aliphatic rings. The van der Waals surface area contributed by atoms with Crippen LogP contribution in [-0.2, 0) is 17.6 Å². The molecule has 74 valence electrons. The van der Waals surface area contributed by atoms with E-state index in [9.17, 15) is 9.90 Å². The third-order valence-corrected chi connectivity index (χ3v) is 2.67. The van der Waals surface area contributed by atoms with Gasteiger partial charge in [0.2, 0.25) is 6.41 Å². The third kappa shape index (κ3) is 1.58. The first-order valence-electron chi connectivity index (χ1n) is 4.86. The van der Waals surface area contributed by atoms with Crippen LogP contribution in [0.3, 0.4) is 0 Å². The minimum absolute atomic E-state index is 0.165. The van der Waals surface area contributed by atoms with Gasteiger partial charge in [0.15, 0.2) is 0 Å². The van der Waals surface area contributed by atoms with Gasteiger partial charge in [-0.15, -0.1) is 0 Å². The molecule has 0 fully saturated rings. The minimum Gasteiger partial charge on any atom is -0.506 e. The number of phenols is 1. The van der Waals surface area contributed by atoms with E-state index in [2.05, 4.69) is 5.32 Å². The van der Waals surface area contributed by atoms with Crippen LogP contribution in [0.2, 0.25) is 0 Å². The smallest absolute Gasteiger partial charge is 0.211 e. The van der Waals surface area contributed by atoms with Gasteiger partial charge in [0.25, 0.3) is 0 Å². The fourth-order valence-electron chi connectivity index (χ4n) is 1.95. The Morgan fingerprint density at radius 3 is 2.50 bits per heavy atom. The lowest BCUT2D eigenvalue weighted by Crippen LogP contribution is -2.04. The molecule has 0 radical (unpaired) electrons. The number of phenolic OH excluding ortho intramolecular Hbond substituents is 1. The van der Waals surface area contributed by atoms with Crippen LogP contribution in [0.25, 0.3) is 0 Å². The highest BCUT2D eigenvalue weighted by molar-refractivity contribution is 5.76. The maximum absolute atomic E-state index is 10.3. The number of aryl methyl sites for hydroxylation is 2. The van der Waals surface area contributed by atoms with E-state index in [4.69, 9.17) is 0 Å². The van der Waals surface area contributed by atoms with E-state index in [1.807, 2.05) is 6.07 Å². The van der Waals surface area contributed by atoms with E-state index in [0.29, 0.717) is 12.1 Å². The van der Waals surface area contributed by atoms with Crippen molar-refractivity contribution in [2.45, 2.75) is 25.7 Å². The molecule has 0 unspecified atom stereocenters. The predicted molar refractivity (Wildman–Crippen MR) is 54.4 cm³/mol. The lowest BCUT2D eigenvalue weighted by Gasteiger charge is -2.17. The maximum Gasteiger partial charge on any atom is 0.211 e. The van der Waals surface area contributed by atoms with Gasteiger partial charge in [-0.2, -0.15) is 0 Å². The van der Waals surface area contributed by atoms with Gasteiger partial charge in [0.05, 0.1) is 5.69 Å². The zero-order chi connectivity index (χ0) is 9.97. The van der Waals surface area contributed by atoms with Crippen LogP contribution in [0.4, 0.5) is 5.69 Å². The van der Waals surface area contributed by atoms with Gasteiger partial charge in [-0.3, -0.25) is 4.79 Å². The van der Waals surface area contributed by atoms with Crippen LogP contribution < -0.4 is 5.32 Å². The highest BCUT2D eigenvalue weighted by atomic mass is 16.3. The van der Waals surface area contributed by atoms with Gasteiger partial charge in [-0.25, -0.2) is 0 Å². The molecule has 0 heterocycles. The van der Waals surface area contributed by atoms with E-state index >= 15 is 0 Å². The zero-order valence-electron chi connectivity index (χ0n) is 7.92. The van der Waals surface area contributed by atoms with Crippen molar-refractivity contribution in [2.24, 2.45) is 0 Å². The van der Waals surface area contributed by atoms with Crippen LogP contribution in [0.1, 0.15) is 24.0 Å². The molecule has 2 N–H and O–H groups in total. The number of fused-ring (bicyclic) bond motifs is 1. The number of hydrogen-bond donors (Lipinski definition) is 2. The highest BCUT2D eigenvalue weighted by Gasteiger charge is 2.12. The van der Waals surface area contributed by atoms with Crippen molar-refractivity contribution in [1.82, 2.24) is 0 Å². The van der Waals surface area contributed by atoms with Crippen molar-refractivity contribution in [2.75, 3.05) is 5.32 Å². The van der Waals surface area contributed by atoms with E-state index < -0.39 is 0 Å². The van der Waals surface area contributed by atoms with Crippen LogP contribution in [0, 0.1) is 0 Å². The second-order valence-electron chi connectivity index (χ2n) is 3.61. The first-order chi connectivity index (χ1) is 6.81. The first-order valence-corrected chi connectivity index (χ1v) is 4.86. The Balaban J connectivity index is 2.40. The second-order valence-corrected chi connectivity index (χ2v) is 3.61. The van der Waals surface area contributed by atoms with Crippen molar-refractivity contribution in [1.29, 1.82) is 0 Å². The lowest BCUT2D eigenvalue weighted by molar-refractivity contribution is -0.105. The quantitative estimate of drug-likeness (QED) is 0.553. The van der Waals surface area contributed by atoms with Crippen molar-refractivity contribution < 1.29 is 9.90 Å². The number of aromatic hydroxyl groups is 1. The van der Waals surface area contributed by atoms with Gasteiger partial charge in [0.1, 0.15) is 5.75 Å². The van der Waals surface area contributed by atoms with E-state index in [-0.39, 0.29) is 5.75 Å². The van der Waals surface area contributed by atoms with Gasteiger partial charge in [-0.1, -0.05) is 0 Å². The molecule has 0 bridgehead atoms. The molecule has 0 saturated carbocycles. The molecule has 1 aromatic carbocycles. The topological polar surface area (TPSA) is 49.3 Å². The number of amides is 1. The molecule has 0 aromatic heterocycles. The molecule has 2 rings (SSSR count). The van der Waals surface area contributed by atoms with Gasteiger partial charge in [0, 0.05) is 0 Å². The number of carbonyl (C=O) groups is 1. The summed E-state index contributed by atoms with van der Waals surface area (Å²) in [6.07, 6.45) is 5.04. The molecule has 14 heavy (non-hydrogen) atoms. The Kier molecular flexibility index (Phi) is 2.39. The number of rotatable bonds is 2. The standard InChI is InChI=1S/C11H13NO2/c13-7-12-10-5-8-3-1-2-4-9(8)6-11(10)14/h5-7,14H,1-4H2,(H,12,13). The summed E-state index contributed by atoms with van der Waals surface area (Å²) in [4.78, 5) is 10.3. The van der Waals surface area contributed by atoms with Crippen molar-refractivity contribution in [3.8, 4) is 5.75 Å². The van der Waals surface area contributed by atoms with Crippen LogP contribution in [-0.4, -0.2) is 11.5 Å². The normalized spacial score (nSPS) is 14.6. The van der Waals surface area contributed by atoms with Crippen LogP contribution >= 0.6 is 0 Å². The summed E-state index contributed by atoms with van der Waals surface area (Å²) in [7, 11) is 0. The van der Waals surface area contributed by atoms with Gasteiger partial charge < -0.3 is 10.4 Å². The fourth-order valence-corrected chi connectivity index (χ4v) is 1.95. The van der Waals surface area contributed by atoms with Crippen LogP contribution in [0.15, 0.2) is 12.1 Å². The second kappa shape index (κ2) is 3.70. The first kappa shape index (κ1) is 9.06. The van der Waals surface area contributed by atoms with E-state index in [1.165, 1.54) is 24.0 Å². The Hall–Kier alpha value is -1.51. The lowest BCUT2D eigenvalue weighted by atomic mass is 9.91. The monoisotopic (exact) mass is 191 g/mol. The van der Waals surface area contributed by atoms with Crippen molar-refractivity contribution in [3.05, 3.63) is 23.3 Å². The summed E-state index contributed by atoms with van der Waals surface area (Å²) in [5.74, 6) is 0.165. The fraction of sp³-hybridized carbons (Fsp3) is 0.364. The van der Waals surface area contributed by atoms with Gasteiger partial charge >= 0.3 is 0 Å². The summed E-state index contributed by atoms with van der Waals surface area (Å²) in [5.41, 5.74) is 2.98. The molecule has 0 saturated heterocycles. The Bertz CT molecular complexity index is 361. The van der Waals surface area contributed by atoms with Crippen LogP contribution in [0.5, 0.6) is 5.75 Å². The molecule has 3 nitrogen and oxygen atoms in total. The molecule has 0 atom stereocenters. The molecule has 1 amide bonds. The molecular formula is C11H13NO2. The molecular weight excluding hydrogens is 178 g/mol. The molecule has 1 aliphatic carbocycles. The SMILES string of the molecule is O=CNc1cc2c(cc1O)CCCC2. The summed E-state index contributed by atoms with van der Waals surface area (Å²) in [5, 5.41) is 12.1. The van der Waals surface area contributed by atoms with E-state index in [0.717, 1.165) is 12.8 Å². The molecule has 0 aliphatic heterocycles. The number of anilines is 1. The largest absolute Gasteiger partial charge is 0.506 e. The van der Waals surface area contributed by atoms with E-state index in [1.54, 1.807) is 6.07 Å². The average molecular weight is 191 g/mol. The van der Waals surface area contributed by atoms with Gasteiger partial charge in [-0.05, 0) is 48.9 Å². The van der Waals surface area contributed by atoms with Crippen molar-refractivity contribution in [3.63, 3.8) is 0 Å². The molecule has 1 aromatic rings. The molecule has 3 heteroatoms. The summed E-state index contributed by atoms with van der Waals surface area (Å²) in [6, 6.07) is 3.64.